The zero-order chi connectivity index (χ0) is 16.8. The molecule has 1 N–H and O–H groups in total. The Bertz CT molecular complexity index is 532. The fourth-order valence-electron chi connectivity index (χ4n) is 2.02. The van der Waals surface area contributed by atoms with Crippen LogP contribution in [0.2, 0.25) is 0 Å². The SMILES string of the molecule is CCSC1=[NH+]CCc2cc(OC)c(OC)cc21.F[B-](F)(F)F. The molecule has 22 heavy (non-hydrogen) atoms. The van der Waals surface area contributed by atoms with Crippen LogP contribution in [-0.2, 0) is 6.42 Å². The summed E-state index contributed by atoms with van der Waals surface area (Å²) in [6, 6.07) is 4.16. The van der Waals surface area contributed by atoms with Gasteiger partial charge in [-0.25, -0.2) is 4.99 Å². The highest BCUT2D eigenvalue weighted by Crippen LogP contribution is 2.32. The minimum atomic E-state index is -6.00. The van der Waals surface area contributed by atoms with E-state index in [1.54, 1.807) is 14.2 Å². The van der Waals surface area contributed by atoms with Gasteiger partial charge in [-0.05, 0) is 17.7 Å². The van der Waals surface area contributed by atoms with Crippen molar-refractivity contribution in [1.82, 2.24) is 0 Å². The summed E-state index contributed by atoms with van der Waals surface area (Å²) < 4.78 is 49.7. The van der Waals surface area contributed by atoms with Crippen LogP contribution in [0.5, 0.6) is 11.5 Å². The quantitative estimate of drug-likeness (QED) is 0.677. The Morgan fingerprint density at radius 1 is 1.14 bits per heavy atom. The summed E-state index contributed by atoms with van der Waals surface area (Å²) in [7, 11) is -2.65. The molecule has 0 bridgehead atoms. The highest BCUT2D eigenvalue weighted by molar-refractivity contribution is 8.14. The first-order chi connectivity index (χ1) is 10.3. The van der Waals surface area contributed by atoms with Crippen LogP contribution >= 0.6 is 11.8 Å². The molecular weight excluding hydrogens is 321 g/mol. The van der Waals surface area contributed by atoms with E-state index < -0.39 is 7.25 Å². The first-order valence-corrected chi connectivity index (χ1v) is 7.64. The average Bonchev–Trinajstić information content (AvgIpc) is 2.44. The van der Waals surface area contributed by atoms with E-state index in [0.717, 1.165) is 30.2 Å². The van der Waals surface area contributed by atoms with Crippen LogP contribution in [0.25, 0.3) is 0 Å². The van der Waals surface area contributed by atoms with Gasteiger partial charge in [0, 0.05) is 12.2 Å². The van der Waals surface area contributed by atoms with Crippen LogP contribution in [0, 0.1) is 0 Å². The lowest BCUT2D eigenvalue weighted by molar-refractivity contribution is -0.454. The molecule has 0 saturated heterocycles. The van der Waals surface area contributed by atoms with E-state index in [0.29, 0.717) is 0 Å². The van der Waals surface area contributed by atoms with Crippen LogP contribution < -0.4 is 14.5 Å². The number of halogens is 4. The third-order valence-corrected chi connectivity index (χ3v) is 3.76. The fourth-order valence-corrected chi connectivity index (χ4v) is 2.86. The first kappa shape index (κ1) is 18.7. The average molecular weight is 339 g/mol. The molecule has 0 atom stereocenters. The molecule has 1 aromatic rings. The van der Waals surface area contributed by atoms with E-state index in [9.17, 15) is 17.3 Å². The summed E-state index contributed by atoms with van der Waals surface area (Å²) in [5, 5.41) is 1.25. The van der Waals surface area contributed by atoms with Gasteiger partial charge in [-0.15, -0.1) is 0 Å². The maximum Gasteiger partial charge on any atom is 0.673 e. The molecule has 1 aliphatic rings. The van der Waals surface area contributed by atoms with Crippen molar-refractivity contribution in [3.8, 4) is 11.5 Å². The Balaban J connectivity index is 0.000000422. The number of thioether (sulfide) groups is 1. The Kier molecular flexibility index (Phi) is 7.05. The first-order valence-electron chi connectivity index (χ1n) is 6.66. The lowest BCUT2D eigenvalue weighted by atomic mass is 10.0. The van der Waals surface area contributed by atoms with Gasteiger partial charge in [0.05, 0.1) is 19.8 Å². The minimum absolute atomic E-state index is 0.796. The topological polar surface area (TPSA) is 32.4 Å². The smallest absolute Gasteiger partial charge is 0.493 e. The van der Waals surface area contributed by atoms with E-state index in [4.69, 9.17) is 9.47 Å². The number of rotatable bonds is 3. The van der Waals surface area contributed by atoms with Gasteiger partial charge in [-0.3, -0.25) is 0 Å². The molecule has 0 unspecified atom stereocenters. The van der Waals surface area contributed by atoms with E-state index in [2.05, 4.69) is 24.0 Å². The van der Waals surface area contributed by atoms with Gasteiger partial charge in [0.2, 0.25) is 5.04 Å². The molecule has 0 aliphatic carbocycles. The molecule has 0 saturated carbocycles. The number of benzene rings is 1. The van der Waals surface area contributed by atoms with Crippen LogP contribution in [-0.4, -0.2) is 38.8 Å². The maximum atomic E-state index is 9.75. The third kappa shape index (κ3) is 5.78. The largest absolute Gasteiger partial charge is 0.673 e. The second-order valence-electron chi connectivity index (χ2n) is 4.30. The number of methoxy groups -OCH3 is 2. The van der Waals surface area contributed by atoms with Gasteiger partial charge < -0.3 is 26.7 Å². The number of nitrogens with one attached hydrogen (secondary N) is 1. The maximum absolute atomic E-state index is 9.75. The summed E-state index contributed by atoms with van der Waals surface area (Å²) in [5.41, 5.74) is 2.58. The standard InChI is InChI=1S/C13H17NO2S.BF4/c1-4-17-13-10-8-12(16-3)11(15-2)7-9(10)5-6-14-13;2-1(3,4)5/h7-8H,4-6H2,1-3H3;/q;-1/p+1. The van der Waals surface area contributed by atoms with Crippen LogP contribution in [0.15, 0.2) is 12.1 Å². The molecule has 2 rings (SSSR count). The molecular formula is C13H18BF4NO2S. The summed E-state index contributed by atoms with van der Waals surface area (Å²) in [6.45, 7) is 3.15. The van der Waals surface area contributed by atoms with Gasteiger partial charge >= 0.3 is 7.25 Å². The molecule has 0 radical (unpaired) electrons. The van der Waals surface area contributed by atoms with E-state index >= 15 is 0 Å². The summed E-state index contributed by atoms with van der Waals surface area (Å²) >= 11 is 1.84. The van der Waals surface area contributed by atoms with Crippen molar-refractivity contribution in [2.24, 2.45) is 0 Å². The molecule has 0 aromatic heterocycles. The molecule has 0 fully saturated rings. The number of hydrogen-bond donors (Lipinski definition) is 1. The molecule has 0 amide bonds. The van der Waals surface area contributed by atoms with Crippen molar-refractivity contribution in [2.45, 2.75) is 13.3 Å². The second kappa shape index (κ2) is 8.31. The molecule has 9 heteroatoms. The zero-order valence-electron chi connectivity index (χ0n) is 12.6. The van der Waals surface area contributed by atoms with E-state index in [-0.39, 0.29) is 0 Å². The predicted octanol–water partition coefficient (Wildman–Crippen LogP) is 2.14. The molecule has 124 valence electrons. The number of ether oxygens (including phenoxy) is 2. The summed E-state index contributed by atoms with van der Waals surface area (Å²) in [6.07, 6.45) is 1.03. The zero-order valence-corrected chi connectivity index (χ0v) is 13.4. The molecule has 0 spiro atoms. The Morgan fingerprint density at radius 2 is 1.68 bits per heavy atom. The molecule has 1 aromatic carbocycles. The van der Waals surface area contributed by atoms with Crippen LogP contribution in [0.3, 0.4) is 0 Å². The van der Waals surface area contributed by atoms with Crippen molar-refractivity contribution >= 4 is 24.1 Å². The van der Waals surface area contributed by atoms with Crippen molar-refractivity contribution in [3.05, 3.63) is 23.3 Å². The Labute approximate surface area is 131 Å². The van der Waals surface area contributed by atoms with Crippen molar-refractivity contribution in [1.29, 1.82) is 0 Å². The Hall–Kier alpha value is -1.38. The third-order valence-electron chi connectivity index (χ3n) is 2.82. The number of fused-ring (bicyclic) bond motifs is 1. The molecule has 1 heterocycles. The fraction of sp³-hybridized carbons (Fsp3) is 0.462. The summed E-state index contributed by atoms with van der Waals surface area (Å²) in [4.78, 5) is 3.45. The van der Waals surface area contributed by atoms with Gasteiger partial charge in [0.15, 0.2) is 11.5 Å². The number of hydrogen-bond acceptors (Lipinski definition) is 3. The van der Waals surface area contributed by atoms with E-state index in [1.165, 1.54) is 16.2 Å². The highest BCUT2D eigenvalue weighted by Gasteiger charge is 2.22. The minimum Gasteiger partial charge on any atom is -0.493 e. The van der Waals surface area contributed by atoms with Gasteiger partial charge in [0.25, 0.3) is 0 Å². The monoisotopic (exact) mass is 339 g/mol. The molecule has 3 nitrogen and oxygen atoms in total. The van der Waals surface area contributed by atoms with Crippen molar-refractivity contribution in [3.63, 3.8) is 0 Å². The van der Waals surface area contributed by atoms with Crippen LogP contribution in [0.1, 0.15) is 18.1 Å². The lowest BCUT2D eigenvalue weighted by Gasteiger charge is -2.15. The highest BCUT2D eigenvalue weighted by atomic mass is 32.2. The van der Waals surface area contributed by atoms with Crippen molar-refractivity contribution in [2.75, 3.05) is 26.5 Å². The van der Waals surface area contributed by atoms with Crippen molar-refractivity contribution < 1.29 is 31.7 Å². The second-order valence-corrected chi connectivity index (χ2v) is 5.57. The van der Waals surface area contributed by atoms with E-state index in [1.807, 2.05) is 11.8 Å². The summed E-state index contributed by atoms with van der Waals surface area (Å²) in [5.74, 6) is 2.67. The lowest BCUT2D eigenvalue weighted by Crippen LogP contribution is -2.74. The Morgan fingerprint density at radius 3 is 2.18 bits per heavy atom. The normalized spacial score (nSPS) is 13.5. The molecule has 1 aliphatic heterocycles. The predicted molar refractivity (Wildman–Crippen MR) is 81.5 cm³/mol. The van der Waals surface area contributed by atoms with Crippen LogP contribution in [0.4, 0.5) is 17.3 Å². The van der Waals surface area contributed by atoms with Gasteiger partial charge in [-0.1, -0.05) is 18.7 Å². The van der Waals surface area contributed by atoms with Gasteiger partial charge in [-0.2, -0.15) is 0 Å². The van der Waals surface area contributed by atoms with Gasteiger partial charge in [0.1, 0.15) is 6.54 Å².